The molecule has 4 aromatic rings. The van der Waals surface area contributed by atoms with Crippen molar-refractivity contribution < 1.29 is 32.5 Å². The Labute approximate surface area is 210 Å². The quantitative estimate of drug-likeness (QED) is 0.346. The summed E-state index contributed by atoms with van der Waals surface area (Å²) in [6.45, 7) is 2.39. The Bertz CT molecular complexity index is 1480. The number of hydrogen-bond acceptors (Lipinski definition) is 6. The molecule has 192 valence electrons. The molecule has 0 bridgehead atoms. The molecule has 10 heteroatoms. The van der Waals surface area contributed by atoms with Crippen molar-refractivity contribution in [1.29, 1.82) is 0 Å². The number of benzene rings is 2. The lowest BCUT2D eigenvalue weighted by molar-refractivity contribution is 0.0691. The normalized spacial score (nSPS) is 17.4. The summed E-state index contributed by atoms with van der Waals surface area (Å²) in [6, 6.07) is 8.45. The molecule has 5 rings (SSSR count). The zero-order chi connectivity index (χ0) is 26.2. The van der Waals surface area contributed by atoms with Crippen LogP contribution in [0.3, 0.4) is 0 Å². The summed E-state index contributed by atoms with van der Waals surface area (Å²) < 4.78 is 61.5. The highest BCUT2D eigenvalue weighted by Gasteiger charge is 2.29. The monoisotopic (exact) mass is 511 g/mol. The van der Waals surface area contributed by atoms with Gasteiger partial charge in [0, 0.05) is 35.4 Å². The van der Waals surface area contributed by atoms with Crippen molar-refractivity contribution in [2.24, 2.45) is 10.4 Å². The number of aromatic amines is 1. The number of ether oxygens (including phenoxy) is 3. The van der Waals surface area contributed by atoms with Crippen molar-refractivity contribution in [3.63, 3.8) is 0 Å². The highest BCUT2D eigenvalue weighted by molar-refractivity contribution is 5.98. The maximum absolute atomic E-state index is 15.1. The van der Waals surface area contributed by atoms with E-state index in [1.165, 1.54) is 25.4 Å². The van der Waals surface area contributed by atoms with Gasteiger partial charge in [-0.15, -0.1) is 0 Å². The lowest BCUT2D eigenvalue weighted by atomic mass is 9.92. The van der Waals surface area contributed by atoms with Crippen LogP contribution >= 0.6 is 0 Å². The highest BCUT2D eigenvalue weighted by Crippen LogP contribution is 2.40. The van der Waals surface area contributed by atoms with E-state index < -0.39 is 28.6 Å². The number of halogens is 3. The number of nitrogens with one attached hydrogen (secondary N) is 1. The van der Waals surface area contributed by atoms with Crippen LogP contribution < -0.4 is 9.47 Å². The molecule has 3 heterocycles. The number of nitrogens with zero attached hydrogens (tertiary/aromatic N) is 2. The van der Waals surface area contributed by atoms with Crippen molar-refractivity contribution in [3.8, 4) is 28.4 Å². The fourth-order valence-corrected chi connectivity index (χ4v) is 4.13. The van der Waals surface area contributed by atoms with Crippen molar-refractivity contribution in [2.75, 3.05) is 26.9 Å². The molecule has 2 aromatic carbocycles. The van der Waals surface area contributed by atoms with Crippen molar-refractivity contribution >= 4 is 16.9 Å². The van der Waals surface area contributed by atoms with Crippen molar-refractivity contribution in [1.82, 2.24) is 9.97 Å². The number of pyridine rings is 1. The maximum atomic E-state index is 15.1. The average molecular weight is 512 g/mol. The summed E-state index contributed by atoms with van der Waals surface area (Å²) in [5.74, 6) is -2.53. The summed E-state index contributed by atoms with van der Waals surface area (Å²) in [6.07, 6.45) is 3.06. The Morgan fingerprint density at radius 2 is 1.89 bits per heavy atom. The lowest BCUT2D eigenvalue weighted by Gasteiger charge is -2.30. The number of fused-ring (bicyclic) bond motifs is 1. The summed E-state index contributed by atoms with van der Waals surface area (Å²) in [5, 5.41) is 9.79. The minimum Gasteiger partial charge on any atom is -0.494 e. The number of aliphatic hydroxyl groups is 1. The van der Waals surface area contributed by atoms with Gasteiger partial charge in [0.05, 0.1) is 32.3 Å². The molecule has 1 aliphatic rings. The first-order chi connectivity index (χ1) is 17.8. The molecule has 1 unspecified atom stereocenters. The predicted octanol–water partition coefficient (Wildman–Crippen LogP) is 5.42. The van der Waals surface area contributed by atoms with Crippen LogP contribution in [-0.4, -0.2) is 47.8 Å². The molecule has 0 spiro atoms. The van der Waals surface area contributed by atoms with E-state index in [1.807, 2.05) is 6.92 Å². The summed E-state index contributed by atoms with van der Waals surface area (Å²) in [7, 11) is 1.36. The Kier molecular flexibility index (Phi) is 6.51. The fourth-order valence-electron chi connectivity index (χ4n) is 4.13. The Morgan fingerprint density at radius 1 is 1.11 bits per heavy atom. The summed E-state index contributed by atoms with van der Waals surface area (Å²) in [5.41, 5.74) is 0.807. The predicted molar refractivity (Wildman–Crippen MR) is 132 cm³/mol. The van der Waals surface area contributed by atoms with Crippen LogP contribution in [0.15, 0.2) is 53.8 Å². The standard InChI is InChI=1S/C27H24F3N3O4/c1-27(13-34)12-33-22(36-14-27)10-15-8-18(28)25(19(29)9-15)37-20-6-7-31-26-23(20)17(11-32-26)16-4-3-5-21(35-2)24(16)30/h3-9,11,34H,10,12-14H2,1-2H3,(H,31,32). The lowest BCUT2D eigenvalue weighted by Crippen LogP contribution is -2.36. The largest absolute Gasteiger partial charge is 0.494 e. The number of H-pyrrole nitrogens is 1. The Balaban J connectivity index is 1.46. The topological polar surface area (TPSA) is 89.0 Å². The molecule has 2 aromatic heterocycles. The SMILES string of the molecule is COc1cccc(-c2c[nH]c3nccc(Oc4c(F)cc(CC5=NCC(C)(CO)CO5)cc4F)c23)c1F. The van der Waals surface area contributed by atoms with Crippen molar-refractivity contribution in [3.05, 3.63) is 71.8 Å². The van der Waals surface area contributed by atoms with Crippen LogP contribution in [0.4, 0.5) is 13.2 Å². The van der Waals surface area contributed by atoms with E-state index in [-0.39, 0.29) is 36.7 Å². The van der Waals surface area contributed by atoms with Crippen LogP contribution in [-0.2, 0) is 11.2 Å². The zero-order valence-electron chi connectivity index (χ0n) is 20.1. The Hall–Kier alpha value is -4.05. The first-order valence-corrected chi connectivity index (χ1v) is 11.5. The van der Waals surface area contributed by atoms with E-state index in [2.05, 4.69) is 15.0 Å². The van der Waals surface area contributed by atoms with Gasteiger partial charge in [0.2, 0.25) is 0 Å². The second kappa shape index (κ2) is 9.78. The van der Waals surface area contributed by atoms with Gasteiger partial charge in [0.15, 0.2) is 34.8 Å². The summed E-state index contributed by atoms with van der Waals surface area (Å²) in [4.78, 5) is 11.5. The second-order valence-electron chi connectivity index (χ2n) is 9.19. The molecule has 7 nitrogen and oxygen atoms in total. The second-order valence-corrected chi connectivity index (χ2v) is 9.19. The van der Waals surface area contributed by atoms with Gasteiger partial charge in [-0.25, -0.2) is 18.2 Å². The molecule has 0 aliphatic carbocycles. The van der Waals surface area contributed by atoms with E-state index in [1.54, 1.807) is 18.3 Å². The smallest absolute Gasteiger partial charge is 0.198 e. The third kappa shape index (κ3) is 4.72. The number of aliphatic imine (C=N–C) groups is 1. The number of rotatable bonds is 7. The van der Waals surface area contributed by atoms with Gasteiger partial charge in [-0.05, 0) is 29.8 Å². The van der Waals surface area contributed by atoms with Crippen LogP contribution in [0.2, 0.25) is 0 Å². The van der Waals surface area contributed by atoms with Gasteiger partial charge < -0.3 is 24.3 Å². The van der Waals surface area contributed by atoms with Crippen LogP contribution in [0, 0.1) is 22.9 Å². The molecule has 0 radical (unpaired) electrons. The van der Waals surface area contributed by atoms with Crippen LogP contribution in [0.1, 0.15) is 12.5 Å². The zero-order valence-corrected chi connectivity index (χ0v) is 20.1. The first kappa shape index (κ1) is 24.6. The molecule has 0 saturated carbocycles. The molecule has 37 heavy (non-hydrogen) atoms. The third-order valence-corrected chi connectivity index (χ3v) is 6.24. The number of aromatic nitrogens is 2. The molecule has 0 fully saturated rings. The van der Waals surface area contributed by atoms with Gasteiger partial charge >= 0.3 is 0 Å². The third-order valence-electron chi connectivity index (χ3n) is 6.24. The number of methoxy groups -OCH3 is 1. The number of hydrogen-bond donors (Lipinski definition) is 2. The first-order valence-electron chi connectivity index (χ1n) is 11.5. The van der Waals surface area contributed by atoms with Gasteiger partial charge in [0.25, 0.3) is 0 Å². The highest BCUT2D eigenvalue weighted by atomic mass is 19.1. The molecule has 1 aliphatic heterocycles. The van der Waals surface area contributed by atoms with Gasteiger partial charge in [0.1, 0.15) is 11.4 Å². The van der Waals surface area contributed by atoms with E-state index >= 15 is 8.78 Å². The van der Waals surface area contributed by atoms with Gasteiger partial charge in [-0.1, -0.05) is 19.1 Å². The average Bonchev–Trinajstić information content (AvgIpc) is 3.33. The molecule has 0 amide bonds. The van der Waals surface area contributed by atoms with Crippen LogP contribution in [0.5, 0.6) is 17.2 Å². The maximum Gasteiger partial charge on any atom is 0.198 e. The van der Waals surface area contributed by atoms with Crippen LogP contribution in [0.25, 0.3) is 22.2 Å². The Morgan fingerprint density at radius 3 is 2.57 bits per heavy atom. The molecular weight excluding hydrogens is 487 g/mol. The van der Waals surface area contributed by atoms with Gasteiger partial charge in [-0.2, -0.15) is 0 Å². The van der Waals surface area contributed by atoms with E-state index in [0.717, 1.165) is 12.1 Å². The molecule has 1 atom stereocenters. The van der Waals surface area contributed by atoms with E-state index in [0.29, 0.717) is 34.6 Å². The number of aliphatic hydroxyl groups excluding tert-OH is 1. The fraction of sp³-hybridized carbons (Fsp3) is 0.259. The van der Waals surface area contributed by atoms with Gasteiger partial charge in [-0.3, -0.25) is 4.99 Å². The molecule has 0 saturated heterocycles. The summed E-state index contributed by atoms with van der Waals surface area (Å²) >= 11 is 0. The van der Waals surface area contributed by atoms with Crippen molar-refractivity contribution in [2.45, 2.75) is 13.3 Å². The molecule has 2 N–H and O–H groups in total. The van der Waals surface area contributed by atoms with E-state index in [4.69, 9.17) is 14.2 Å². The minimum absolute atomic E-state index is 0.0541. The molecular formula is C27H24F3N3O4. The van der Waals surface area contributed by atoms with E-state index in [9.17, 15) is 9.50 Å². The minimum atomic E-state index is -0.916.